The first-order valence-corrected chi connectivity index (χ1v) is 17.9. The Kier molecular flexibility index (Phi) is 12.6. The van der Waals surface area contributed by atoms with Crippen LogP contribution in [-0.4, -0.2) is 61.5 Å². The molecule has 0 radical (unpaired) electrons. The minimum atomic E-state index is -5.92. The van der Waals surface area contributed by atoms with Crippen molar-refractivity contribution in [3.8, 4) is 0 Å². The lowest BCUT2D eigenvalue weighted by atomic mass is 9.48. The van der Waals surface area contributed by atoms with Crippen molar-refractivity contribution in [2.45, 2.75) is 73.7 Å². The summed E-state index contributed by atoms with van der Waals surface area (Å²) in [5, 5.41) is 6.31. The van der Waals surface area contributed by atoms with Crippen molar-refractivity contribution < 1.29 is 67.4 Å². The molecule has 290 valence electrons. The Hall–Kier alpha value is -4.12. The number of rotatable bonds is 7. The van der Waals surface area contributed by atoms with Crippen molar-refractivity contribution in [3.63, 3.8) is 0 Å². The summed E-state index contributed by atoms with van der Waals surface area (Å²) in [7, 11) is -3.52. The molecular weight excluding hydrogens is 745 g/mol. The van der Waals surface area contributed by atoms with Gasteiger partial charge in [0.25, 0.3) is 12.1 Å². The average molecular weight is 782 g/mol. The number of hydrogen-bond donors (Lipinski definition) is 1. The van der Waals surface area contributed by atoms with E-state index in [0.29, 0.717) is 42.6 Å². The van der Waals surface area contributed by atoms with Crippen LogP contribution in [0.4, 0.5) is 39.5 Å². The van der Waals surface area contributed by atoms with Crippen LogP contribution in [0.1, 0.15) is 50.2 Å². The lowest BCUT2D eigenvalue weighted by molar-refractivity contribution is -0.392. The van der Waals surface area contributed by atoms with Crippen molar-refractivity contribution >= 4 is 22.2 Å². The molecular formula is C36H36F9NO6S. The highest BCUT2D eigenvalue weighted by molar-refractivity contribution is 7.92. The quantitative estimate of drug-likeness (QED) is 0.147. The monoisotopic (exact) mass is 781 g/mol. The molecule has 6 rings (SSSR count). The van der Waals surface area contributed by atoms with Gasteiger partial charge in [-0.15, -0.1) is 0 Å². The summed E-state index contributed by atoms with van der Waals surface area (Å²) in [6, 6.07) is 11.6. The van der Waals surface area contributed by atoms with Crippen molar-refractivity contribution in [1.82, 2.24) is 4.90 Å². The summed E-state index contributed by atoms with van der Waals surface area (Å²) in [4.78, 5) is 22.9. The lowest BCUT2D eigenvalue weighted by Crippen LogP contribution is -2.55. The lowest BCUT2D eigenvalue weighted by Gasteiger charge is -2.57. The van der Waals surface area contributed by atoms with E-state index in [2.05, 4.69) is 11.7 Å². The zero-order valence-electron chi connectivity index (χ0n) is 28.1. The van der Waals surface area contributed by atoms with Crippen LogP contribution >= 0.6 is 0 Å². The Morgan fingerprint density at radius 2 is 1.40 bits per heavy atom. The molecule has 1 spiro atoms. The van der Waals surface area contributed by atoms with Crippen LogP contribution < -0.4 is 0 Å². The average Bonchev–Trinajstić information content (AvgIpc) is 3.55. The molecule has 2 aliphatic carbocycles. The van der Waals surface area contributed by atoms with Gasteiger partial charge in [0.15, 0.2) is 9.84 Å². The van der Waals surface area contributed by atoms with Gasteiger partial charge >= 0.3 is 12.4 Å². The number of benzene rings is 3. The number of likely N-dealkylation sites (tertiary alicyclic amines) is 1. The molecule has 3 aliphatic rings. The first kappa shape index (κ1) is 41.6. The Labute approximate surface area is 299 Å². The molecule has 0 aromatic heterocycles. The fourth-order valence-electron chi connectivity index (χ4n) is 7.43. The number of nitrogens with zero attached hydrogens (tertiary/aromatic N) is 1. The third kappa shape index (κ3) is 8.82. The molecule has 1 unspecified atom stereocenters. The molecule has 7 nitrogen and oxygen atoms in total. The van der Waals surface area contributed by atoms with E-state index in [1.165, 1.54) is 31.0 Å². The second-order valence-electron chi connectivity index (χ2n) is 13.4. The summed E-state index contributed by atoms with van der Waals surface area (Å²) in [6.45, 7) is 1.21. The standard InChI is InChI=1S/C19H24FNO3S.C16H10F8O.CH2O2/c1-13-8-19(9-13)10-14(11-19)18(22)21-7-6-17(12-21)25(23,24)16-4-2-15(20)3-5-16;17-12-7-4-8-13(18)11(12)9-25-14(15(19,20)21,16(22,23)24)10-5-2-1-3-6-10;2-1-3/h2-5,13-14,17H,6-12H2,1H3;1-8H,9H2;1H,(H,2,3). The SMILES string of the molecule is CC1CC2(C1)CC(C(=O)N1CCC(S(=O)(=O)c3ccc(F)cc3)C1)C2.Fc1cccc(F)c1COC(c1ccccc1)(C(F)(F)F)C(F)(F)F.O=CO. The van der Waals surface area contributed by atoms with Crippen LogP contribution in [0.15, 0.2) is 77.7 Å². The number of halogens is 9. The summed E-state index contributed by atoms with van der Waals surface area (Å²) in [5.41, 5.74) is -6.59. The predicted octanol–water partition coefficient (Wildman–Crippen LogP) is 8.23. The first-order valence-electron chi connectivity index (χ1n) is 16.3. The second-order valence-corrected chi connectivity index (χ2v) is 15.7. The van der Waals surface area contributed by atoms with Gasteiger partial charge in [0.05, 0.1) is 16.8 Å². The molecule has 1 heterocycles. The predicted molar refractivity (Wildman–Crippen MR) is 172 cm³/mol. The van der Waals surface area contributed by atoms with Crippen molar-refractivity contribution in [2.75, 3.05) is 13.1 Å². The number of carbonyl (C=O) groups excluding carboxylic acids is 1. The zero-order chi connectivity index (χ0) is 39.4. The van der Waals surface area contributed by atoms with Crippen LogP contribution in [0.25, 0.3) is 0 Å². The molecule has 3 aromatic rings. The molecule has 1 N–H and O–H groups in total. The molecule has 53 heavy (non-hydrogen) atoms. The van der Waals surface area contributed by atoms with E-state index in [0.717, 1.165) is 49.1 Å². The number of carbonyl (C=O) groups is 2. The molecule has 17 heteroatoms. The van der Waals surface area contributed by atoms with Gasteiger partial charge in [-0.1, -0.05) is 43.3 Å². The van der Waals surface area contributed by atoms with Gasteiger partial charge in [-0.3, -0.25) is 9.59 Å². The highest BCUT2D eigenvalue weighted by Gasteiger charge is 2.73. The number of carboxylic acid groups (broad SMARTS) is 1. The minimum absolute atomic E-state index is 0.0831. The van der Waals surface area contributed by atoms with E-state index in [1.54, 1.807) is 4.90 Å². The van der Waals surface area contributed by atoms with Crippen molar-refractivity contribution in [2.24, 2.45) is 17.3 Å². The maximum Gasteiger partial charge on any atom is 0.430 e. The molecule has 1 saturated heterocycles. The third-order valence-electron chi connectivity index (χ3n) is 9.78. The molecule has 1 amide bonds. The molecule has 0 bridgehead atoms. The van der Waals surface area contributed by atoms with E-state index in [9.17, 15) is 52.7 Å². The van der Waals surface area contributed by atoms with E-state index in [-0.39, 0.29) is 29.7 Å². The number of alkyl halides is 6. The van der Waals surface area contributed by atoms with Gasteiger partial charge in [-0.05, 0) is 79.8 Å². The van der Waals surface area contributed by atoms with Crippen LogP contribution in [0.2, 0.25) is 0 Å². The molecule has 3 aromatic carbocycles. The van der Waals surface area contributed by atoms with Gasteiger partial charge < -0.3 is 14.7 Å². The number of hydrogen-bond acceptors (Lipinski definition) is 5. The molecule has 1 aliphatic heterocycles. The van der Waals surface area contributed by atoms with Crippen LogP contribution in [0.3, 0.4) is 0 Å². The fourth-order valence-corrected chi connectivity index (χ4v) is 9.12. The van der Waals surface area contributed by atoms with E-state index < -0.39 is 68.2 Å². The Morgan fingerprint density at radius 3 is 1.89 bits per heavy atom. The smallest absolute Gasteiger partial charge is 0.430 e. The molecule has 1 atom stereocenters. The summed E-state index contributed by atoms with van der Waals surface area (Å²) >= 11 is 0. The molecule has 2 saturated carbocycles. The maximum absolute atomic E-state index is 13.5. The van der Waals surface area contributed by atoms with Gasteiger partial charge in [0, 0.05) is 30.1 Å². The van der Waals surface area contributed by atoms with E-state index >= 15 is 0 Å². The normalized spacial score (nSPS) is 22.8. The first-order chi connectivity index (χ1) is 24.7. The molecule has 3 fully saturated rings. The largest absolute Gasteiger partial charge is 0.483 e. The van der Waals surface area contributed by atoms with Crippen molar-refractivity contribution in [1.29, 1.82) is 0 Å². The van der Waals surface area contributed by atoms with Crippen molar-refractivity contribution in [3.05, 3.63) is 101 Å². The Bertz CT molecular complexity index is 1790. The Morgan fingerprint density at radius 1 is 0.868 bits per heavy atom. The van der Waals surface area contributed by atoms with Gasteiger partial charge in [-0.2, -0.15) is 26.3 Å². The Balaban J connectivity index is 0.000000220. The van der Waals surface area contributed by atoms with Gasteiger partial charge in [-0.25, -0.2) is 21.6 Å². The summed E-state index contributed by atoms with van der Waals surface area (Å²) in [6.07, 6.45) is -6.97. The van der Waals surface area contributed by atoms with E-state index in [4.69, 9.17) is 9.90 Å². The second kappa shape index (κ2) is 16.1. The number of amides is 1. The summed E-state index contributed by atoms with van der Waals surface area (Å²) in [5.74, 6) is -2.08. The third-order valence-corrected chi connectivity index (χ3v) is 12.0. The van der Waals surface area contributed by atoms with E-state index in [1.807, 2.05) is 0 Å². The zero-order valence-corrected chi connectivity index (χ0v) is 29.0. The summed E-state index contributed by atoms with van der Waals surface area (Å²) < 4.78 is 150. The highest BCUT2D eigenvalue weighted by Crippen LogP contribution is 2.61. The van der Waals surface area contributed by atoms with Gasteiger partial charge in [0.1, 0.15) is 17.5 Å². The van der Waals surface area contributed by atoms with Crippen LogP contribution in [0, 0.1) is 34.7 Å². The maximum atomic E-state index is 13.5. The van der Waals surface area contributed by atoms with Crippen LogP contribution in [0.5, 0.6) is 0 Å². The van der Waals surface area contributed by atoms with Gasteiger partial charge in [0.2, 0.25) is 5.91 Å². The topological polar surface area (TPSA) is 101 Å². The van der Waals surface area contributed by atoms with Crippen LogP contribution in [-0.2, 0) is 36.4 Å². The number of ether oxygens (including phenoxy) is 1. The number of sulfone groups is 1. The fraction of sp³-hybridized carbons (Fsp3) is 0.444. The minimum Gasteiger partial charge on any atom is -0.483 e. The highest BCUT2D eigenvalue weighted by atomic mass is 32.2.